The molecule has 0 heterocycles. The normalized spacial score (nSPS) is 15.0. The van der Waals surface area contributed by atoms with Crippen LogP contribution in [0.1, 0.15) is 19.4 Å². The van der Waals surface area contributed by atoms with Crippen molar-refractivity contribution in [2.45, 2.75) is 26.3 Å². The standard InChI is InChI=1S/C12H17ClFN/c1-8(9(2)15-3)7-10-11(13)5-4-6-12(10)14/h4-6,8-9,15H,7H2,1-3H3. The highest BCUT2D eigenvalue weighted by molar-refractivity contribution is 6.31. The predicted octanol–water partition coefficient (Wildman–Crippen LogP) is 3.27. The fourth-order valence-corrected chi connectivity index (χ4v) is 1.75. The number of hydrogen-bond donors (Lipinski definition) is 1. The quantitative estimate of drug-likeness (QED) is 0.836. The van der Waals surface area contributed by atoms with E-state index in [1.807, 2.05) is 7.05 Å². The third-order valence-electron chi connectivity index (χ3n) is 2.90. The van der Waals surface area contributed by atoms with Crippen LogP contribution in [0.25, 0.3) is 0 Å². The van der Waals surface area contributed by atoms with Gasteiger partial charge in [0.2, 0.25) is 0 Å². The molecular formula is C12H17ClFN. The third-order valence-corrected chi connectivity index (χ3v) is 3.25. The van der Waals surface area contributed by atoms with E-state index in [2.05, 4.69) is 19.2 Å². The first kappa shape index (κ1) is 12.5. The Labute approximate surface area is 95.6 Å². The van der Waals surface area contributed by atoms with Gasteiger partial charge >= 0.3 is 0 Å². The van der Waals surface area contributed by atoms with Gasteiger partial charge in [0.25, 0.3) is 0 Å². The number of benzene rings is 1. The van der Waals surface area contributed by atoms with Crippen molar-refractivity contribution >= 4 is 11.6 Å². The number of nitrogens with one attached hydrogen (secondary N) is 1. The first-order chi connectivity index (χ1) is 7.06. The minimum atomic E-state index is -0.211. The van der Waals surface area contributed by atoms with Gasteiger partial charge in [0.1, 0.15) is 5.82 Å². The molecule has 0 saturated carbocycles. The van der Waals surface area contributed by atoms with Gasteiger partial charge in [-0.2, -0.15) is 0 Å². The molecule has 0 aliphatic heterocycles. The Balaban J connectivity index is 2.80. The fourth-order valence-electron chi connectivity index (χ4n) is 1.51. The SMILES string of the molecule is CNC(C)C(C)Cc1c(F)cccc1Cl. The molecule has 0 aliphatic carbocycles. The van der Waals surface area contributed by atoms with Crippen LogP contribution in [0.4, 0.5) is 4.39 Å². The van der Waals surface area contributed by atoms with Crippen LogP contribution >= 0.6 is 11.6 Å². The molecule has 1 nitrogen and oxygen atoms in total. The van der Waals surface area contributed by atoms with E-state index >= 15 is 0 Å². The van der Waals surface area contributed by atoms with E-state index in [9.17, 15) is 4.39 Å². The second-order valence-electron chi connectivity index (χ2n) is 3.96. The van der Waals surface area contributed by atoms with Gasteiger partial charge in [0.05, 0.1) is 0 Å². The molecule has 1 rings (SSSR count). The average molecular weight is 230 g/mol. The van der Waals surface area contributed by atoms with Gasteiger partial charge in [0.15, 0.2) is 0 Å². The molecule has 0 radical (unpaired) electrons. The molecule has 0 aromatic heterocycles. The molecule has 2 atom stereocenters. The van der Waals surface area contributed by atoms with Crippen molar-refractivity contribution in [3.8, 4) is 0 Å². The van der Waals surface area contributed by atoms with Gasteiger partial charge in [-0.05, 0) is 38.4 Å². The van der Waals surface area contributed by atoms with E-state index in [4.69, 9.17) is 11.6 Å². The van der Waals surface area contributed by atoms with Gasteiger partial charge in [0, 0.05) is 16.6 Å². The van der Waals surface area contributed by atoms with E-state index in [0.29, 0.717) is 29.0 Å². The molecule has 0 saturated heterocycles. The molecule has 15 heavy (non-hydrogen) atoms. The highest BCUT2D eigenvalue weighted by atomic mass is 35.5. The van der Waals surface area contributed by atoms with Gasteiger partial charge in [-0.15, -0.1) is 0 Å². The lowest BCUT2D eigenvalue weighted by molar-refractivity contribution is 0.417. The van der Waals surface area contributed by atoms with Crippen molar-refractivity contribution in [3.05, 3.63) is 34.6 Å². The Bertz CT molecular complexity index is 307. The van der Waals surface area contributed by atoms with E-state index in [1.165, 1.54) is 6.07 Å². The highest BCUT2D eigenvalue weighted by Crippen LogP contribution is 2.23. The molecule has 0 bridgehead atoms. The van der Waals surface area contributed by atoms with Crippen LogP contribution in [-0.2, 0) is 6.42 Å². The monoisotopic (exact) mass is 229 g/mol. The third kappa shape index (κ3) is 3.18. The minimum absolute atomic E-state index is 0.211. The van der Waals surface area contributed by atoms with Gasteiger partial charge < -0.3 is 5.32 Å². The molecule has 3 heteroatoms. The van der Waals surface area contributed by atoms with Crippen molar-refractivity contribution in [1.82, 2.24) is 5.32 Å². The van der Waals surface area contributed by atoms with Crippen LogP contribution in [0.2, 0.25) is 5.02 Å². The molecule has 0 spiro atoms. The van der Waals surface area contributed by atoms with Gasteiger partial charge in [-0.3, -0.25) is 0 Å². The van der Waals surface area contributed by atoms with Crippen LogP contribution in [0.3, 0.4) is 0 Å². The van der Waals surface area contributed by atoms with Gasteiger partial charge in [-0.25, -0.2) is 4.39 Å². The maximum atomic E-state index is 13.5. The largest absolute Gasteiger partial charge is 0.317 e. The van der Waals surface area contributed by atoms with E-state index in [-0.39, 0.29) is 5.82 Å². The summed E-state index contributed by atoms with van der Waals surface area (Å²) in [7, 11) is 1.91. The summed E-state index contributed by atoms with van der Waals surface area (Å²) in [5.74, 6) is 0.141. The second-order valence-corrected chi connectivity index (χ2v) is 4.37. The molecule has 0 fully saturated rings. The molecule has 1 N–H and O–H groups in total. The number of hydrogen-bond acceptors (Lipinski definition) is 1. The van der Waals surface area contributed by atoms with Crippen LogP contribution in [0, 0.1) is 11.7 Å². The first-order valence-electron chi connectivity index (χ1n) is 5.16. The minimum Gasteiger partial charge on any atom is -0.317 e. The fraction of sp³-hybridized carbons (Fsp3) is 0.500. The van der Waals surface area contributed by atoms with Crippen molar-refractivity contribution < 1.29 is 4.39 Å². The molecule has 0 amide bonds. The summed E-state index contributed by atoms with van der Waals surface area (Å²) in [6.07, 6.45) is 0.660. The maximum absolute atomic E-state index is 13.5. The molecule has 84 valence electrons. The van der Waals surface area contributed by atoms with Crippen molar-refractivity contribution in [3.63, 3.8) is 0 Å². The van der Waals surface area contributed by atoms with Crippen molar-refractivity contribution in [2.75, 3.05) is 7.05 Å². The van der Waals surface area contributed by atoms with Crippen LogP contribution < -0.4 is 5.32 Å². The van der Waals surface area contributed by atoms with Crippen molar-refractivity contribution in [1.29, 1.82) is 0 Å². The lowest BCUT2D eigenvalue weighted by atomic mass is 9.95. The lowest BCUT2D eigenvalue weighted by Gasteiger charge is -2.20. The van der Waals surface area contributed by atoms with Crippen LogP contribution in [0.15, 0.2) is 18.2 Å². The summed E-state index contributed by atoms with van der Waals surface area (Å²) < 4.78 is 13.5. The number of rotatable bonds is 4. The molecule has 1 aromatic carbocycles. The van der Waals surface area contributed by atoms with E-state index < -0.39 is 0 Å². The lowest BCUT2D eigenvalue weighted by Crippen LogP contribution is -2.30. The highest BCUT2D eigenvalue weighted by Gasteiger charge is 2.15. The van der Waals surface area contributed by atoms with Crippen molar-refractivity contribution in [2.24, 2.45) is 5.92 Å². The Morgan fingerprint density at radius 3 is 2.60 bits per heavy atom. The molecule has 2 unspecified atom stereocenters. The summed E-state index contributed by atoms with van der Waals surface area (Å²) in [6.45, 7) is 4.17. The van der Waals surface area contributed by atoms with Gasteiger partial charge in [-0.1, -0.05) is 24.6 Å². The summed E-state index contributed by atoms with van der Waals surface area (Å²) >= 11 is 5.96. The maximum Gasteiger partial charge on any atom is 0.127 e. The molecule has 0 aliphatic rings. The summed E-state index contributed by atoms with van der Waals surface area (Å²) in [4.78, 5) is 0. The Hall–Kier alpha value is -0.600. The molecular weight excluding hydrogens is 213 g/mol. The number of halogens is 2. The average Bonchev–Trinajstić information content (AvgIpc) is 2.22. The van der Waals surface area contributed by atoms with Crippen LogP contribution in [0.5, 0.6) is 0 Å². The van der Waals surface area contributed by atoms with E-state index in [1.54, 1.807) is 12.1 Å². The second kappa shape index (κ2) is 5.47. The Morgan fingerprint density at radius 2 is 2.07 bits per heavy atom. The zero-order chi connectivity index (χ0) is 11.4. The smallest absolute Gasteiger partial charge is 0.127 e. The zero-order valence-electron chi connectivity index (χ0n) is 9.35. The zero-order valence-corrected chi connectivity index (χ0v) is 10.1. The summed E-state index contributed by atoms with van der Waals surface area (Å²) in [5, 5.41) is 3.68. The van der Waals surface area contributed by atoms with E-state index in [0.717, 1.165) is 0 Å². The Kier molecular flexibility index (Phi) is 4.55. The Morgan fingerprint density at radius 1 is 1.40 bits per heavy atom. The topological polar surface area (TPSA) is 12.0 Å². The predicted molar refractivity (Wildman–Crippen MR) is 62.8 cm³/mol. The molecule has 1 aromatic rings. The van der Waals surface area contributed by atoms with Crippen LogP contribution in [-0.4, -0.2) is 13.1 Å². The first-order valence-corrected chi connectivity index (χ1v) is 5.54. The summed E-state index contributed by atoms with van der Waals surface area (Å²) in [5.41, 5.74) is 0.619. The summed E-state index contributed by atoms with van der Waals surface area (Å²) in [6, 6.07) is 5.17.